The maximum absolute atomic E-state index is 10.6. The van der Waals surface area contributed by atoms with Gasteiger partial charge in [0.2, 0.25) is 0 Å². The average Bonchev–Trinajstić information content (AvgIpc) is 3.52. The second-order valence-corrected chi connectivity index (χ2v) is 13.1. The van der Waals surface area contributed by atoms with Gasteiger partial charge in [-0.3, -0.25) is 0 Å². The first-order chi connectivity index (χ1) is 24.8. The summed E-state index contributed by atoms with van der Waals surface area (Å²) in [5.41, 5.74) is 14.9. The molecule has 0 unspecified atom stereocenters. The molecule has 0 aromatic heterocycles. The smallest absolute Gasteiger partial charge is 0.0998 e. The molecule has 230 valence electrons. The lowest BCUT2D eigenvalue weighted by atomic mass is 9.82. The van der Waals surface area contributed by atoms with Crippen LogP contribution in [0.2, 0.25) is 0 Å². The fourth-order valence-electron chi connectivity index (χ4n) is 8.36. The molecule has 0 saturated heterocycles. The van der Waals surface area contributed by atoms with Crippen molar-refractivity contribution in [3.8, 4) is 72.8 Å². The van der Waals surface area contributed by atoms with Crippen molar-refractivity contribution < 1.29 is 0 Å². The normalized spacial score (nSPS) is 11.6. The van der Waals surface area contributed by atoms with E-state index < -0.39 is 0 Å². The van der Waals surface area contributed by atoms with E-state index in [4.69, 9.17) is 0 Å². The molecule has 0 bridgehead atoms. The Morgan fingerprint density at radius 2 is 0.820 bits per heavy atom. The Morgan fingerprint density at radius 1 is 0.320 bits per heavy atom. The van der Waals surface area contributed by atoms with E-state index >= 15 is 0 Å². The standard InChI is InChI=1S/C49H29N/c50-30-35-29-34(37-22-11-18-31-13-7-8-19-36(31)37)25-26-38(35)39-27-28-44-47-40(39)23-12-24-43(47)48-45(32-14-3-1-4-15-32)41-20-9-10-21-42(41)46(49(44)48)33-16-5-2-6-17-33/h1-29H. The van der Waals surface area contributed by atoms with Gasteiger partial charge in [0.1, 0.15) is 0 Å². The second kappa shape index (κ2) is 11.2. The molecule has 50 heavy (non-hydrogen) atoms. The molecule has 10 rings (SSSR count). The third-order valence-corrected chi connectivity index (χ3v) is 10.5. The van der Waals surface area contributed by atoms with Gasteiger partial charge in [0.15, 0.2) is 0 Å². The lowest BCUT2D eigenvalue weighted by molar-refractivity contribution is 1.48. The number of fused-ring (bicyclic) bond motifs is 5. The first-order valence-electron chi connectivity index (χ1n) is 17.1. The summed E-state index contributed by atoms with van der Waals surface area (Å²) in [6, 6.07) is 65.5. The molecule has 1 aliphatic carbocycles. The molecular formula is C49H29N. The Morgan fingerprint density at radius 3 is 1.50 bits per heavy atom. The zero-order chi connectivity index (χ0) is 33.2. The summed E-state index contributed by atoms with van der Waals surface area (Å²) in [4.78, 5) is 0. The Hall–Kier alpha value is -6.75. The van der Waals surface area contributed by atoms with Crippen molar-refractivity contribution in [1.29, 1.82) is 5.26 Å². The summed E-state index contributed by atoms with van der Waals surface area (Å²) in [6.45, 7) is 0. The fourth-order valence-corrected chi connectivity index (χ4v) is 8.36. The van der Waals surface area contributed by atoms with Crippen LogP contribution in [0.3, 0.4) is 0 Å². The van der Waals surface area contributed by atoms with Crippen LogP contribution in [0.5, 0.6) is 0 Å². The van der Waals surface area contributed by atoms with Gasteiger partial charge in [-0.15, -0.1) is 0 Å². The highest BCUT2D eigenvalue weighted by Crippen LogP contribution is 2.58. The average molecular weight is 632 g/mol. The van der Waals surface area contributed by atoms with Gasteiger partial charge >= 0.3 is 0 Å². The maximum atomic E-state index is 10.6. The Kier molecular flexibility index (Phi) is 6.31. The summed E-state index contributed by atoms with van der Waals surface area (Å²) in [5, 5.41) is 17.9. The third-order valence-electron chi connectivity index (χ3n) is 10.5. The monoisotopic (exact) mass is 631 g/mol. The van der Waals surface area contributed by atoms with Gasteiger partial charge in [0, 0.05) is 5.56 Å². The molecule has 9 aromatic rings. The summed E-state index contributed by atoms with van der Waals surface area (Å²) in [5.74, 6) is 0. The lowest BCUT2D eigenvalue weighted by Gasteiger charge is -2.20. The van der Waals surface area contributed by atoms with Gasteiger partial charge in [0.25, 0.3) is 0 Å². The van der Waals surface area contributed by atoms with E-state index in [0.29, 0.717) is 5.56 Å². The minimum Gasteiger partial charge on any atom is -0.192 e. The van der Waals surface area contributed by atoms with Crippen LogP contribution in [0.15, 0.2) is 176 Å². The van der Waals surface area contributed by atoms with Gasteiger partial charge in [-0.2, -0.15) is 5.26 Å². The predicted molar refractivity (Wildman–Crippen MR) is 210 cm³/mol. The van der Waals surface area contributed by atoms with Crippen LogP contribution < -0.4 is 0 Å². The number of nitriles is 1. The summed E-state index contributed by atoms with van der Waals surface area (Å²) in [7, 11) is 0. The van der Waals surface area contributed by atoms with E-state index in [9.17, 15) is 5.26 Å². The molecule has 0 atom stereocenters. The van der Waals surface area contributed by atoms with Gasteiger partial charge in [0.05, 0.1) is 11.6 Å². The molecule has 9 aromatic carbocycles. The van der Waals surface area contributed by atoms with E-state index in [1.807, 2.05) is 0 Å². The van der Waals surface area contributed by atoms with E-state index in [1.165, 1.54) is 71.4 Å². The highest BCUT2D eigenvalue weighted by Gasteiger charge is 2.31. The van der Waals surface area contributed by atoms with Gasteiger partial charge in [-0.05, 0) is 99.6 Å². The summed E-state index contributed by atoms with van der Waals surface area (Å²) in [6.07, 6.45) is 0. The van der Waals surface area contributed by atoms with Crippen LogP contribution in [-0.4, -0.2) is 0 Å². The van der Waals surface area contributed by atoms with Crippen LogP contribution in [0.1, 0.15) is 5.56 Å². The molecule has 1 nitrogen and oxygen atoms in total. The fraction of sp³-hybridized carbons (Fsp3) is 0. The molecule has 0 saturated carbocycles. The van der Waals surface area contributed by atoms with Crippen molar-refractivity contribution in [3.05, 3.63) is 181 Å². The van der Waals surface area contributed by atoms with Crippen molar-refractivity contribution in [2.24, 2.45) is 0 Å². The van der Waals surface area contributed by atoms with Crippen molar-refractivity contribution in [2.75, 3.05) is 0 Å². The van der Waals surface area contributed by atoms with Crippen molar-refractivity contribution in [2.45, 2.75) is 0 Å². The Labute approximate surface area is 291 Å². The summed E-state index contributed by atoms with van der Waals surface area (Å²) >= 11 is 0. The molecule has 0 N–H and O–H groups in total. The van der Waals surface area contributed by atoms with Gasteiger partial charge in [-0.25, -0.2) is 0 Å². The number of nitrogens with zero attached hydrogens (tertiary/aromatic N) is 1. The topological polar surface area (TPSA) is 23.8 Å². The minimum absolute atomic E-state index is 0.673. The molecule has 0 spiro atoms. The number of hydrogen-bond donors (Lipinski definition) is 0. The predicted octanol–water partition coefficient (Wildman–Crippen LogP) is 13.3. The zero-order valence-corrected chi connectivity index (χ0v) is 27.2. The van der Waals surface area contributed by atoms with Crippen molar-refractivity contribution >= 4 is 32.3 Å². The van der Waals surface area contributed by atoms with Crippen molar-refractivity contribution in [1.82, 2.24) is 0 Å². The molecule has 1 heteroatoms. The van der Waals surface area contributed by atoms with Crippen LogP contribution in [0, 0.1) is 11.3 Å². The highest BCUT2D eigenvalue weighted by molar-refractivity contribution is 6.28. The molecular weight excluding hydrogens is 603 g/mol. The zero-order valence-electron chi connectivity index (χ0n) is 27.2. The van der Waals surface area contributed by atoms with E-state index in [1.54, 1.807) is 0 Å². The SMILES string of the molecule is N#Cc1cc(-c2cccc3ccccc23)ccc1-c1ccc2c3c(cccc13)-c1c-2c(-c2ccccc2)c2ccccc2c1-c1ccccc1. The third kappa shape index (κ3) is 4.13. The lowest BCUT2D eigenvalue weighted by Crippen LogP contribution is -1.93. The first-order valence-corrected chi connectivity index (χ1v) is 17.1. The van der Waals surface area contributed by atoms with E-state index in [0.717, 1.165) is 27.6 Å². The highest BCUT2D eigenvalue weighted by atomic mass is 14.3. The van der Waals surface area contributed by atoms with E-state index in [2.05, 4.69) is 182 Å². The molecule has 0 radical (unpaired) electrons. The molecule has 0 fully saturated rings. The largest absolute Gasteiger partial charge is 0.192 e. The molecule has 0 amide bonds. The summed E-state index contributed by atoms with van der Waals surface area (Å²) < 4.78 is 0. The Bertz CT molecular complexity index is 2760. The van der Waals surface area contributed by atoms with Gasteiger partial charge < -0.3 is 0 Å². The van der Waals surface area contributed by atoms with Crippen LogP contribution in [-0.2, 0) is 0 Å². The molecule has 1 aliphatic rings. The first kappa shape index (κ1) is 28.3. The number of rotatable bonds is 4. The van der Waals surface area contributed by atoms with Gasteiger partial charge in [-0.1, -0.05) is 170 Å². The minimum atomic E-state index is 0.673. The van der Waals surface area contributed by atoms with E-state index in [-0.39, 0.29) is 0 Å². The van der Waals surface area contributed by atoms with Crippen LogP contribution >= 0.6 is 0 Å². The number of benzene rings is 9. The second-order valence-electron chi connectivity index (χ2n) is 13.1. The Balaban J connectivity index is 1.26. The molecule has 0 aliphatic heterocycles. The molecule has 0 heterocycles. The van der Waals surface area contributed by atoms with Crippen molar-refractivity contribution in [3.63, 3.8) is 0 Å². The quantitative estimate of drug-likeness (QED) is 0.190. The maximum Gasteiger partial charge on any atom is 0.0998 e. The van der Waals surface area contributed by atoms with Crippen LogP contribution in [0.4, 0.5) is 0 Å². The number of hydrogen-bond acceptors (Lipinski definition) is 1. The van der Waals surface area contributed by atoms with Crippen LogP contribution in [0.25, 0.3) is 99.1 Å².